The minimum atomic E-state index is -0.688. The molecule has 2 N–H and O–H groups in total. The Hall–Kier alpha value is -3.40. The van der Waals surface area contributed by atoms with Crippen LogP contribution in [0.1, 0.15) is 40.5 Å². The van der Waals surface area contributed by atoms with Gasteiger partial charge in [-0.2, -0.15) is 4.39 Å². The summed E-state index contributed by atoms with van der Waals surface area (Å²) in [5, 5.41) is 2.42. The number of benzene rings is 1. The highest BCUT2D eigenvalue weighted by Gasteiger charge is 2.29. The standard InChI is InChI=1S/C23H24F2N6O2/c1-26-22(32)16-6-7-17(21(25)28-16)31-10-8-30(9-11-31)12-14-4-5-15-20(18(14)24)29-23(33)19(27-15)13-2-3-13/h4-7,13H,2-3,8-12H2,1H3,(H,26,32)(H,29,33). The molecule has 10 heteroatoms. The predicted octanol–water partition coefficient (Wildman–Crippen LogP) is 2.16. The van der Waals surface area contributed by atoms with Crippen molar-refractivity contribution in [2.75, 3.05) is 38.1 Å². The van der Waals surface area contributed by atoms with Gasteiger partial charge in [0.25, 0.3) is 11.5 Å². The zero-order valence-electron chi connectivity index (χ0n) is 18.2. The molecule has 1 amide bonds. The van der Waals surface area contributed by atoms with Crippen LogP contribution in [0.25, 0.3) is 11.0 Å². The van der Waals surface area contributed by atoms with Crippen LogP contribution < -0.4 is 15.8 Å². The van der Waals surface area contributed by atoms with Crippen LogP contribution >= 0.6 is 0 Å². The second-order valence-electron chi connectivity index (χ2n) is 8.51. The molecule has 0 radical (unpaired) electrons. The highest BCUT2D eigenvalue weighted by Crippen LogP contribution is 2.37. The largest absolute Gasteiger partial charge is 0.365 e. The smallest absolute Gasteiger partial charge is 0.270 e. The third-order valence-corrected chi connectivity index (χ3v) is 6.27. The maximum Gasteiger partial charge on any atom is 0.270 e. The van der Waals surface area contributed by atoms with Gasteiger partial charge in [0.15, 0.2) is 5.82 Å². The number of pyridine rings is 1. The summed E-state index contributed by atoms with van der Waals surface area (Å²) >= 11 is 0. The van der Waals surface area contributed by atoms with Gasteiger partial charge in [0.1, 0.15) is 16.9 Å². The highest BCUT2D eigenvalue weighted by molar-refractivity contribution is 5.92. The van der Waals surface area contributed by atoms with Crippen LogP contribution in [0.4, 0.5) is 14.5 Å². The van der Waals surface area contributed by atoms with Gasteiger partial charge in [0.2, 0.25) is 5.95 Å². The molecular formula is C23H24F2N6O2. The first-order valence-corrected chi connectivity index (χ1v) is 11.0. The number of fused-ring (bicyclic) bond motifs is 1. The molecule has 8 nitrogen and oxygen atoms in total. The zero-order chi connectivity index (χ0) is 23.1. The fraction of sp³-hybridized carbons (Fsp3) is 0.391. The van der Waals surface area contributed by atoms with Crippen molar-refractivity contribution in [2.45, 2.75) is 25.3 Å². The molecule has 3 aromatic rings. The highest BCUT2D eigenvalue weighted by atomic mass is 19.1. The number of piperazine rings is 1. The molecule has 1 aliphatic carbocycles. The van der Waals surface area contributed by atoms with Crippen molar-refractivity contribution in [3.05, 3.63) is 63.3 Å². The molecule has 2 aliphatic rings. The Bertz CT molecular complexity index is 1280. The normalized spacial score (nSPS) is 16.9. The lowest BCUT2D eigenvalue weighted by molar-refractivity contribution is 0.0957. The Morgan fingerprint density at radius 1 is 1.12 bits per heavy atom. The zero-order valence-corrected chi connectivity index (χ0v) is 18.2. The van der Waals surface area contributed by atoms with Crippen molar-refractivity contribution >= 4 is 22.6 Å². The lowest BCUT2D eigenvalue weighted by Crippen LogP contribution is -2.46. The fourth-order valence-corrected chi connectivity index (χ4v) is 4.24. The summed E-state index contributed by atoms with van der Waals surface area (Å²) in [5.41, 5.74) is 1.64. The second-order valence-corrected chi connectivity index (χ2v) is 8.51. The number of H-pyrrole nitrogens is 1. The molecule has 2 aromatic heterocycles. The van der Waals surface area contributed by atoms with E-state index in [2.05, 4.69) is 25.2 Å². The molecule has 172 valence electrons. The van der Waals surface area contributed by atoms with Gasteiger partial charge in [-0.15, -0.1) is 0 Å². The Labute approximate surface area is 188 Å². The number of anilines is 1. The topological polar surface area (TPSA) is 94.2 Å². The first-order chi connectivity index (χ1) is 15.9. The number of aromatic amines is 1. The molecule has 33 heavy (non-hydrogen) atoms. The van der Waals surface area contributed by atoms with E-state index in [1.165, 1.54) is 13.1 Å². The van der Waals surface area contributed by atoms with Crippen molar-refractivity contribution in [2.24, 2.45) is 0 Å². The number of nitrogens with zero attached hydrogens (tertiary/aromatic N) is 4. The van der Waals surface area contributed by atoms with Gasteiger partial charge in [-0.05, 0) is 31.0 Å². The molecule has 0 atom stereocenters. The summed E-state index contributed by atoms with van der Waals surface area (Å²) in [6.07, 6.45) is 1.90. The van der Waals surface area contributed by atoms with Crippen LogP contribution in [-0.2, 0) is 6.54 Å². The summed E-state index contributed by atoms with van der Waals surface area (Å²) in [5.74, 6) is -1.39. The van der Waals surface area contributed by atoms with Gasteiger partial charge >= 0.3 is 0 Å². The minimum absolute atomic E-state index is 0.0287. The minimum Gasteiger partial charge on any atom is -0.365 e. The number of carbonyl (C=O) groups is 1. The number of amides is 1. The molecule has 1 saturated heterocycles. The summed E-state index contributed by atoms with van der Waals surface area (Å²) in [6, 6.07) is 6.52. The van der Waals surface area contributed by atoms with Gasteiger partial charge in [0, 0.05) is 51.3 Å². The monoisotopic (exact) mass is 454 g/mol. The number of rotatable bonds is 5. The number of hydrogen-bond donors (Lipinski definition) is 2. The van der Waals surface area contributed by atoms with Gasteiger partial charge in [-0.3, -0.25) is 14.5 Å². The third-order valence-electron chi connectivity index (χ3n) is 6.27. The number of carbonyl (C=O) groups excluding carboxylic acids is 1. The first kappa shape index (κ1) is 21.4. The Balaban J connectivity index is 1.27. The van der Waals surface area contributed by atoms with Crippen molar-refractivity contribution in [1.82, 2.24) is 25.2 Å². The van der Waals surface area contributed by atoms with Crippen molar-refractivity contribution in [3.63, 3.8) is 0 Å². The van der Waals surface area contributed by atoms with Gasteiger partial charge in [-0.25, -0.2) is 14.4 Å². The fourth-order valence-electron chi connectivity index (χ4n) is 4.24. The van der Waals surface area contributed by atoms with Gasteiger partial charge in [-0.1, -0.05) is 6.07 Å². The van der Waals surface area contributed by atoms with E-state index in [4.69, 9.17) is 0 Å². The molecule has 0 unspecified atom stereocenters. The number of aromatic nitrogens is 3. The molecule has 1 aliphatic heterocycles. The molecule has 0 spiro atoms. The number of nitrogens with one attached hydrogen (secondary N) is 2. The van der Waals surface area contributed by atoms with Gasteiger partial charge < -0.3 is 15.2 Å². The molecule has 1 saturated carbocycles. The average molecular weight is 454 g/mol. The second kappa shape index (κ2) is 8.51. The number of hydrogen-bond acceptors (Lipinski definition) is 6. The van der Waals surface area contributed by atoms with Crippen LogP contribution in [0.5, 0.6) is 0 Å². The van der Waals surface area contributed by atoms with Crippen LogP contribution in [0, 0.1) is 11.8 Å². The van der Waals surface area contributed by atoms with Gasteiger partial charge in [0.05, 0.1) is 11.2 Å². The van der Waals surface area contributed by atoms with E-state index in [0.29, 0.717) is 55.2 Å². The molecule has 2 fully saturated rings. The lowest BCUT2D eigenvalue weighted by Gasteiger charge is -2.36. The summed E-state index contributed by atoms with van der Waals surface area (Å²) in [4.78, 5) is 38.7. The van der Waals surface area contributed by atoms with E-state index >= 15 is 4.39 Å². The van der Waals surface area contributed by atoms with Crippen LogP contribution in [0.2, 0.25) is 0 Å². The maximum atomic E-state index is 15.1. The van der Waals surface area contributed by atoms with Crippen LogP contribution in [0.3, 0.4) is 0 Å². The van der Waals surface area contributed by atoms with E-state index in [1.807, 2.05) is 4.90 Å². The van der Waals surface area contributed by atoms with Crippen molar-refractivity contribution < 1.29 is 13.6 Å². The summed E-state index contributed by atoms with van der Waals surface area (Å²) in [7, 11) is 1.47. The molecule has 1 aromatic carbocycles. The van der Waals surface area contributed by atoms with Crippen LogP contribution in [-0.4, -0.2) is 59.0 Å². The summed E-state index contributed by atoms with van der Waals surface area (Å²) < 4.78 is 29.6. The van der Waals surface area contributed by atoms with Crippen molar-refractivity contribution in [3.8, 4) is 0 Å². The lowest BCUT2D eigenvalue weighted by atomic mass is 10.1. The SMILES string of the molecule is CNC(=O)c1ccc(N2CCN(Cc3ccc4nc(C5CC5)c(=O)[nH]c4c3F)CC2)c(F)n1. The number of halogens is 2. The van der Waals surface area contributed by atoms with E-state index in [1.54, 1.807) is 18.2 Å². The maximum absolute atomic E-state index is 15.1. The van der Waals surface area contributed by atoms with E-state index < -0.39 is 17.7 Å². The average Bonchev–Trinajstić information content (AvgIpc) is 3.66. The first-order valence-electron chi connectivity index (χ1n) is 11.0. The summed E-state index contributed by atoms with van der Waals surface area (Å²) in [6.45, 7) is 2.65. The quantitative estimate of drug-likeness (QED) is 0.574. The third kappa shape index (κ3) is 4.18. The van der Waals surface area contributed by atoms with E-state index in [9.17, 15) is 14.0 Å². The van der Waals surface area contributed by atoms with E-state index in [0.717, 1.165) is 12.8 Å². The molecule has 3 heterocycles. The Morgan fingerprint density at radius 3 is 2.55 bits per heavy atom. The molecule has 5 rings (SSSR count). The molecule has 0 bridgehead atoms. The van der Waals surface area contributed by atoms with Crippen molar-refractivity contribution in [1.29, 1.82) is 0 Å². The van der Waals surface area contributed by atoms with E-state index in [-0.39, 0.29) is 22.7 Å². The molecular weight excluding hydrogens is 430 g/mol. The van der Waals surface area contributed by atoms with Crippen LogP contribution in [0.15, 0.2) is 29.1 Å². The Kier molecular flexibility index (Phi) is 5.53. The Morgan fingerprint density at radius 2 is 1.88 bits per heavy atom. The predicted molar refractivity (Wildman–Crippen MR) is 119 cm³/mol.